The summed E-state index contributed by atoms with van der Waals surface area (Å²) in [6, 6.07) is 5.13. The number of carbonyl (C=O) groups is 3. The van der Waals surface area contributed by atoms with E-state index in [1.807, 2.05) is 0 Å². The van der Waals surface area contributed by atoms with Gasteiger partial charge >= 0.3 is 5.97 Å². The predicted octanol–water partition coefficient (Wildman–Crippen LogP) is 1.27. The van der Waals surface area contributed by atoms with Crippen LogP contribution in [-0.2, 0) is 19.6 Å². The quantitative estimate of drug-likeness (QED) is 0.670. The van der Waals surface area contributed by atoms with E-state index in [0.29, 0.717) is 24.9 Å². The van der Waals surface area contributed by atoms with Crippen molar-refractivity contribution in [2.24, 2.45) is 5.92 Å². The number of carboxylic acid groups (broad SMARTS) is 1. The monoisotopic (exact) mass is 396 g/mol. The second-order valence-corrected chi connectivity index (χ2v) is 8.41. The number of carboxylic acids is 1. The molecule has 0 aliphatic carbocycles. The normalized spacial score (nSPS) is 20.3. The number of amides is 1. The van der Waals surface area contributed by atoms with E-state index in [1.165, 1.54) is 36.1 Å². The molecule has 1 aromatic rings. The van der Waals surface area contributed by atoms with Gasteiger partial charge in [-0.15, -0.1) is 0 Å². The van der Waals surface area contributed by atoms with E-state index in [4.69, 9.17) is 0 Å². The average Bonchev–Trinajstić information content (AvgIpc) is 2.61. The summed E-state index contributed by atoms with van der Waals surface area (Å²) in [7, 11) is -3.79. The molecule has 2 rings (SSSR count). The number of carbonyl (C=O) groups excluding carboxylic acids is 2. The summed E-state index contributed by atoms with van der Waals surface area (Å²) in [4.78, 5) is 36.4. The highest BCUT2D eigenvalue weighted by atomic mass is 32.2. The number of benzene rings is 1. The molecule has 2 N–H and O–H groups in total. The molecular weight excluding hydrogens is 372 g/mol. The third kappa shape index (κ3) is 5.14. The van der Waals surface area contributed by atoms with E-state index in [9.17, 15) is 27.9 Å². The summed E-state index contributed by atoms with van der Waals surface area (Å²) in [5.41, 5.74) is 0.413. The highest BCUT2D eigenvalue weighted by Crippen LogP contribution is 2.24. The molecular formula is C18H24N2O6S. The highest BCUT2D eigenvalue weighted by molar-refractivity contribution is 7.89. The maximum atomic E-state index is 12.4. The van der Waals surface area contributed by atoms with Crippen molar-refractivity contribution < 1.29 is 27.9 Å². The van der Waals surface area contributed by atoms with Gasteiger partial charge in [-0.1, -0.05) is 12.1 Å². The summed E-state index contributed by atoms with van der Waals surface area (Å²) >= 11 is 0. The van der Waals surface area contributed by atoms with Gasteiger partial charge in [-0.3, -0.25) is 14.4 Å². The van der Waals surface area contributed by atoms with Crippen molar-refractivity contribution in [1.29, 1.82) is 0 Å². The fourth-order valence-corrected chi connectivity index (χ4v) is 4.25. The Kier molecular flexibility index (Phi) is 6.72. The summed E-state index contributed by atoms with van der Waals surface area (Å²) in [6.45, 7) is 3.49. The highest BCUT2D eigenvalue weighted by Gasteiger charge is 2.35. The molecule has 1 amide bonds. The van der Waals surface area contributed by atoms with Gasteiger partial charge in [0, 0.05) is 31.1 Å². The molecule has 0 bridgehead atoms. The topological polar surface area (TPSA) is 121 Å². The van der Waals surface area contributed by atoms with Crippen LogP contribution in [-0.4, -0.2) is 55.2 Å². The summed E-state index contributed by atoms with van der Waals surface area (Å²) in [5, 5.41) is 9.22. The van der Waals surface area contributed by atoms with E-state index >= 15 is 0 Å². The zero-order valence-corrected chi connectivity index (χ0v) is 16.2. The molecule has 1 saturated heterocycles. The number of nitrogens with one attached hydrogen (secondary N) is 1. The Morgan fingerprint density at radius 1 is 1.22 bits per heavy atom. The van der Waals surface area contributed by atoms with Crippen LogP contribution < -0.4 is 4.72 Å². The van der Waals surface area contributed by atoms with E-state index < -0.39 is 28.0 Å². The number of sulfonamides is 1. The molecule has 1 aliphatic heterocycles. The molecule has 8 nitrogen and oxygen atoms in total. The minimum Gasteiger partial charge on any atom is -0.481 e. The lowest BCUT2D eigenvalue weighted by Crippen LogP contribution is -2.49. The summed E-state index contributed by atoms with van der Waals surface area (Å²) in [6.07, 6.45) is 1.09. The molecule has 1 aromatic carbocycles. The number of ketones is 1. The van der Waals surface area contributed by atoms with Gasteiger partial charge in [-0.2, -0.15) is 0 Å². The van der Waals surface area contributed by atoms with E-state index in [-0.39, 0.29) is 29.6 Å². The largest absolute Gasteiger partial charge is 0.481 e. The summed E-state index contributed by atoms with van der Waals surface area (Å²) in [5.74, 6) is -1.95. The zero-order chi connectivity index (χ0) is 20.2. The smallest absolute Gasteiger partial charge is 0.308 e. The number of Topliss-reactive ketones (excluding diaryl/α,β-unsaturated/α-hetero) is 1. The van der Waals surface area contributed by atoms with Gasteiger partial charge in [0.05, 0.1) is 10.8 Å². The zero-order valence-electron chi connectivity index (χ0n) is 15.3. The Hall–Kier alpha value is -2.26. The van der Waals surface area contributed by atoms with Crippen molar-refractivity contribution in [1.82, 2.24) is 9.62 Å². The van der Waals surface area contributed by atoms with Crippen LogP contribution in [0.3, 0.4) is 0 Å². The second-order valence-electron chi connectivity index (χ2n) is 6.64. The molecule has 2 atom stereocenters. The number of nitrogens with zero attached hydrogens (tertiary/aromatic N) is 1. The number of aliphatic carboxylic acids is 1. The van der Waals surface area contributed by atoms with Gasteiger partial charge in [0.15, 0.2) is 5.78 Å². The fourth-order valence-electron chi connectivity index (χ4n) is 3.21. The van der Waals surface area contributed by atoms with Crippen molar-refractivity contribution in [3.8, 4) is 0 Å². The SMILES string of the molecule is CC(=O)c1ccc(S(=O)(=O)NCCC(=O)N2CCC[C@@H](C(=O)O)[C@H]2C)cc1. The van der Waals surface area contributed by atoms with Gasteiger partial charge in [0.2, 0.25) is 15.9 Å². The number of likely N-dealkylation sites (tertiary alicyclic amines) is 1. The van der Waals surface area contributed by atoms with Crippen molar-refractivity contribution in [2.45, 2.75) is 44.0 Å². The third-order valence-corrected chi connectivity index (χ3v) is 6.30. The van der Waals surface area contributed by atoms with E-state index in [2.05, 4.69) is 4.72 Å². The third-order valence-electron chi connectivity index (χ3n) is 4.83. The van der Waals surface area contributed by atoms with Crippen LogP contribution in [0.15, 0.2) is 29.2 Å². The Morgan fingerprint density at radius 2 is 1.85 bits per heavy atom. The lowest BCUT2D eigenvalue weighted by atomic mass is 9.90. The molecule has 148 valence electrons. The van der Waals surface area contributed by atoms with Gasteiger partial charge < -0.3 is 10.0 Å². The summed E-state index contributed by atoms with van der Waals surface area (Å²) < 4.78 is 26.9. The maximum Gasteiger partial charge on any atom is 0.308 e. The van der Waals surface area contributed by atoms with Crippen molar-refractivity contribution in [3.63, 3.8) is 0 Å². The van der Waals surface area contributed by atoms with Crippen LogP contribution in [0, 0.1) is 5.92 Å². The number of hydrogen-bond acceptors (Lipinski definition) is 5. The Morgan fingerprint density at radius 3 is 2.41 bits per heavy atom. The standard InChI is InChI=1S/C18H24N2O6S/c1-12-16(18(23)24)4-3-11-20(12)17(22)9-10-19-27(25,26)15-7-5-14(6-8-15)13(2)21/h5-8,12,16,19H,3-4,9-11H2,1-2H3,(H,23,24)/t12-,16-/m1/s1. The second kappa shape index (κ2) is 8.62. The minimum absolute atomic E-state index is 0.0113. The maximum absolute atomic E-state index is 12.4. The van der Waals surface area contributed by atoms with Crippen LogP contribution >= 0.6 is 0 Å². The Bertz CT molecular complexity index is 819. The van der Waals surface area contributed by atoms with Crippen LogP contribution in [0.4, 0.5) is 0 Å². The number of piperidine rings is 1. The van der Waals surface area contributed by atoms with Crippen molar-refractivity contribution in [2.75, 3.05) is 13.1 Å². The number of rotatable bonds is 7. The van der Waals surface area contributed by atoms with Crippen LogP contribution in [0.2, 0.25) is 0 Å². The number of hydrogen-bond donors (Lipinski definition) is 2. The molecule has 0 spiro atoms. The lowest BCUT2D eigenvalue weighted by molar-refractivity contribution is -0.149. The first kappa shape index (κ1) is 21.0. The minimum atomic E-state index is -3.79. The van der Waals surface area contributed by atoms with Crippen LogP contribution in [0.25, 0.3) is 0 Å². The van der Waals surface area contributed by atoms with Crippen molar-refractivity contribution in [3.05, 3.63) is 29.8 Å². The van der Waals surface area contributed by atoms with Gasteiger partial charge in [0.25, 0.3) is 0 Å². The molecule has 0 saturated carbocycles. The van der Waals surface area contributed by atoms with Gasteiger partial charge in [0.1, 0.15) is 0 Å². The first-order valence-corrected chi connectivity index (χ1v) is 10.2. The molecule has 1 aliphatic rings. The van der Waals surface area contributed by atoms with Crippen LogP contribution in [0.5, 0.6) is 0 Å². The average molecular weight is 396 g/mol. The first-order chi connectivity index (χ1) is 12.6. The Balaban J connectivity index is 1.93. The fraction of sp³-hybridized carbons (Fsp3) is 0.500. The molecule has 1 heterocycles. The molecule has 0 aromatic heterocycles. The van der Waals surface area contributed by atoms with Crippen molar-refractivity contribution >= 4 is 27.7 Å². The Labute approximate surface area is 158 Å². The van der Waals surface area contributed by atoms with E-state index in [0.717, 1.165) is 0 Å². The van der Waals surface area contributed by atoms with Gasteiger partial charge in [-0.05, 0) is 38.8 Å². The molecule has 27 heavy (non-hydrogen) atoms. The molecule has 0 unspecified atom stereocenters. The first-order valence-electron chi connectivity index (χ1n) is 8.76. The molecule has 0 radical (unpaired) electrons. The molecule has 1 fully saturated rings. The predicted molar refractivity (Wildman–Crippen MR) is 97.8 cm³/mol. The van der Waals surface area contributed by atoms with Crippen LogP contribution in [0.1, 0.15) is 43.5 Å². The molecule has 9 heteroatoms. The van der Waals surface area contributed by atoms with Gasteiger partial charge in [-0.25, -0.2) is 13.1 Å². The van der Waals surface area contributed by atoms with E-state index in [1.54, 1.807) is 6.92 Å². The lowest BCUT2D eigenvalue weighted by Gasteiger charge is -2.37.